The predicted octanol–water partition coefficient (Wildman–Crippen LogP) is 0.462. The Bertz CT molecular complexity index is 1010. The van der Waals surface area contributed by atoms with Gasteiger partial charge in [0.15, 0.2) is 6.61 Å². The molecule has 3 aromatic rings. The summed E-state index contributed by atoms with van der Waals surface area (Å²) in [5.74, 6) is 0.184. The van der Waals surface area contributed by atoms with E-state index in [0.717, 1.165) is 5.39 Å². The van der Waals surface area contributed by atoms with Crippen molar-refractivity contribution >= 4 is 35.1 Å². The van der Waals surface area contributed by atoms with Crippen LogP contribution in [0.25, 0.3) is 22.0 Å². The molecule has 144 valence electrons. The minimum atomic E-state index is -1.63. The third-order valence-electron chi connectivity index (χ3n) is 4.09. The van der Waals surface area contributed by atoms with Crippen molar-refractivity contribution in [3.8, 4) is 16.9 Å². The Morgan fingerprint density at radius 2 is 2.04 bits per heavy atom. The molecule has 0 saturated heterocycles. The molecule has 0 aliphatic heterocycles. The van der Waals surface area contributed by atoms with Gasteiger partial charge in [-0.3, -0.25) is 4.79 Å². The van der Waals surface area contributed by atoms with E-state index in [-0.39, 0.29) is 18.6 Å². The first-order valence-electron chi connectivity index (χ1n) is 8.78. The average Bonchev–Trinajstić information content (AvgIpc) is 2.65. The van der Waals surface area contributed by atoms with E-state index in [0.29, 0.717) is 33.5 Å². The summed E-state index contributed by atoms with van der Waals surface area (Å²) in [6, 6.07) is 10.2. The van der Waals surface area contributed by atoms with Gasteiger partial charge in [-0.15, -0.1) is 0 Å². The lowest BCUT2D eigenvalue weighted by Crippen LogP contribution is -2.34. The minimum absolute atomic E-state index is 0.00648. The van der Waals surface area contributed by atoms with E-state index in [1.54, 1.807) is 18.2 Å². The summed E-state index contributed by atoms with van der Waals surface area (Å²) in [5.41, 5.74) is 8.63. The molecule has 0 radical (unpaired) electrons. The van der Waals surface area contributed by atoms with Crippen LogP contribution >= 0.6 is 0 Å². The van der Waals surface area contributed by atoms with E-state index in [4.69, 9.17) is 10.5 Å². The van der Waals surface area contributed by atoms with Crippen LogP contribution in [0, 0.1) is 0 Å². The molecule has 28 heavy (non-hydrogen) atoms. The third-order valence-corrected chi connectivity index (χ3v) is 4.09. The number of benzene rings is 2. The summed E-state index contributed by atoms with van der Waals surface area (Å²) >= 11 is 0. The highest BCUT2D eigenvalue weighted by Crippen LogP contribution is 2.32. The highest BCUT2D eigenvalue weighted by atomic mass is 16.5. The van der Waals surface area contributed by atoms with Crippen LogP contribution < -0.4 is 21.3 Å². The molecule has 1 aromatic heterocycles. The number of ether oxygens (including phenoxy) is 1. The van der Waals surface area contributed by atoms with Crippen molar-refractivity contribution in [2.45, 2.75) is 19.9 Å². The Balaban J connectivity index is 1.99. The lowest BCUT2D eigenvalue weighted by Gasteiger charge is -2.15. The molecule has 1 heterocycles. The van der Waals surface area contributed by atoms with Crippen molar-refractivity contribution in [2.75, 3.05) is 12.3 Å². The molecular weight excluding hydrogens is 359 g/mol. The maximum atomic E-state index is 11.9. The maximum Gasteiger partial charge on any atom is 0.488 e. The number of nitrogens with one attached hydrogen (secondary N) is 1. The quantitative estimate of drug-likeness (QED) is 0.457. The minimum Gasteiger partial charge on any atom is -0.483 e. The first-order chi connectivity index (χ1) is 13.3. The molecule has 0 aliphatic rings. The van der Waals surface area contributed by atoms with Crippen molar-refractivity contribution in [1.29, 1.82) is 0 Å². The second-order valence-corrected chi connectivity index (χ2v) is 6.67. The fourth-order valence-electron chi connectivity index (χ4n) is 2.82. The second-order valence-electron chi connectivity index (χ2n) is 6.67. The lowest BCUT2D eigenvalue weighted by atomic mass is 9.79. The lowest BCUT2D eigenvalue weighted by molar-refractivity contribution is -0.123. The number of anilines is 1. The van der Waals surface area contributed by atoms with Crippen LogP contribution in [0.1, 0.15) is 13.8 Å². The van der Waals surface area contributed by atoms with Gasteiger partial charge in [-0.2, -0.15) is 10.2 Å². The third kappa shape index (κ3) is 4.38. The summed E-state index contributed by atoms with van der Waals surface area (Å²) < 4.78 is 5.69. The number of nitrogen functional groups attached to an aromatic ring is 1. The zero-order valence-corrected chi connectivity index (χ0v) is 15.6. The Morgan fingerprint density at radius 1 is 1.25 bits per heavy atom. The van der Waals surface area contributed by atoms with E-state index in [1.807, 2.05) is 26.0 Å². The molecule has 1 amide bonds. The fraction of sp³-hybridized carbons (Fsp3) is 0.211. The molecule has 0 unspecified atom stereocenters. The highest BCUT2D eigenvalue weighted by Gasteiger charge is 2.17. The van der Waals surface area contributed by atoms with Crippen molar-refractivity contribution in [1.82, 2.24) is 15.5 Å². The van der Waals surface area contributed by atoms with Crippen LogP contribution in [0.2, 0.25) is 0 Å². The molecule has 5 N–H and O–H groups in total. The van der Waals surface area contributed by atoms with Crippen molar-refractivity contribution in [3.05, 3.63) is 42.6 Å². The van der Waals surface area contributed by atoms with Gasteiger partial charge in [0.25, 0.3) is 5.91 Å². The first-order valence-corrected chi connectivity index (χ1v) is 8.78. The second kappa shape index (κ2) is 8.24. The number of fused-ring (bicyclic) bond motifs is 1. The number of nitrogens with two attached hydrogens (primary N) is 1. The zero-order chi connectivity index (χ0) is 20.3. The van der Waals surface area contributed by atoms with Gasteiger partial charge < -0.3 is 25.8 Å². The number of nitrogens with zero attached hydrogens (tertiary/aromatic N) is 2. The van der Waals surface area contributed by atoms with E-state index < -0.39 is 7.12 Å². The van der Waals surface area contributed by atoms with Gasteiger partial charge in [0.2, 0.25) is 0 Å². The Labute approximate surface area is 162 Å². The molecular formula is C19H21BN4O4. The number of aromatic nitrogens is 2. The van der Waals surface area contributed by atoms with Crippen LogP contribution in [0.15, 0.2) is 42.6 Å². The van der Waals surface area contributed by atoms with Gasteiger partial charge in [0.1, 0.15) is 5.75 Å². The van der Waals surface area contributed by atoms with Gasteiger partial charge >= 0.3 is 7.12 Å². The largest absolute Gasteiger partial charge is 0.488 e. The molecule has 3 rings (SSSR count). The van der Waals surface area contributed by atoms with Gasteiger partial charge in [-0.1, -0.05) is 18.2 Å². The Morgan fingerprint density at radius 3 is 2.75 bits per heavy atom. The van der Waals surface area contributed by atoms with Gasteiger partial charge in [-0.05, 0) is 43.1 Å². The first kappa shape index (κ1) is 19.6. The van der Waals surface area contributed by atoms with Crippen LogP contribution in [0.3, 0.4) is 0 Å². The highest BCUT2D eigenvalue weighted by molar-refractivity contribution is 6.58. The van der Waals surface area contributed by atoms with Crippen molar-refractivity contribution in [2.24, 2.45) is 0 Å². The molecule has 0 atom stereocenters. The number of rotatable bonds is 6. The molecule has 0 bridgehead atoms. The summed E-state index contributed by atoms with van der Waals surface area (Å²) in [7, 11) is -1.63. The van der Waals surface area contributed by atoms with E-state index in [1.165, 1.54) is 12.3 Å². The van der Waals surface area contributed by atoms with Crippen molar-refractivity contribution in [3.63, 3.8) is 0 Å². The van der Waals surface area contributed by atoms with E-state index in [2.05, 4.69) is 15.5 Å². The number of amides is 1. The number of carbonyl (C=O) groups is 1. The molecule has 0 spiro atoms. The standard InChI is InChI=1S/C19H21BN4O4/c1-11(2)23-19(25)10-28-18-6-4-13(20(26)27)8-15(18)12-3-5-14-16(21)9-22-24-17(14)7-12/h3-9,11,26-27H,10H2,1-2H3,(H2,21,24)(H,23,25). The maximum absolute atomic E-state index is 11.9. The normalized spacial score (nSPS) is 10.9. The molecule has 2 aromatic carbocycles. The Kier molecular flexibility index (Phi) is 5.77. The number of carbonyl (C=O) groups excluding carboxylic acids is 1. The molecule has 9 heteroatoms. The molecule has 0 saturated carbocycles. The van der Waals surface area contributed by atoms with Gasteiger partial charge in [-0.25, -0.2) is 0 Å². The van der Waals surface area contributed by atoms with Crippen LogP contribution in [-0.4, -0.2) is 45.9 Å². The summed E-state index contributed by atoms with van der Waals surface area (Å²) in [5, 5.41) is 30.5. The molecule has 8 nitrogen and oxygen atoms in total. The summed E-state index contributed by atoms with van der Waals surface area (Å²) in [6.45, 7) is 3.57. The SMILES string of the molecule is CC(C)NC(=O)COc1ccc(B(O)O)cc1-c1ccc2c(N)cnnc2c1. The zero-order valence-electron chi connectivity index (χ0n) is 15.6. The van der Waals surface area contributed by atoms with E-state index in [9.17, 15) is 14.8 Å². The van der Waals surface area contributed by atoms with E-state index >= 15 is 0 Å². The van der Waals surface area contributed by atoms with Gasteiger partial charge in [0.05, 0.1) is 17.4 Å². The summed E-state index contributed by atoms with van der Waals surface area (Å²) in [6.07, 6.45) is 1.48. The molecule has 0 aliphatic carbocycles. The van der Waals surface area contributed by atoms with Crippen molar-refractivity contribution < 1.29 is 19.6 Å². The number of hydrogen-bond donors (Lipinski definition) is 4. The van der Waals surface area contributed by atoms with Crippen LogP contribution in [0.5, 0.6) is 5.75 Å². The number of hydrogen-bond acceptors (Lipinski definition) is 7. The fourth-order valence-corrected chi connectivity index (χ4v) is 2.82. The monoisotopic (exact) mass is 380 g/mol. The van der Waals surface area contributed by atoms with Crippen LogP contribution in [0.4, 0.5) is 5.69 Å². The summed E-state index contributed by atoms with van der Waals surface area (Å²) in [4.78, 5) is 11.9. The smallest absolute Gasteiger partial charge is 0.483 e. The molecule has 0 fully saturated rings. The Hall–Kier alpha value is -3.17. The van der Waals surface area contributed by atoms with Crippen LogP contribution in [-0.2, 0) is 4.79 Å². The predicted molar refractivity (Wildman–Crippen MR) is 108 cm³/mol. The van der Waals surface area contributed by atoms with Gasteiger partial charge in [0, 0.05) is 17.0 Å². The average molecular weight is 380 g/mol. The topological polar surface area (TPSA) is 131 Å².